The van der Waals surface area contributed by atoms with E-state index in [1.54, 1.807) is 17.0 Å². The fraction of sp³-hybridized carbons (Fsp3) is 0.286. The van der Waals surface area contributed by atoms with Crippen LogP contribution in [-0.2, 0) is 29.0 Å². The van der Waals surface area contributed by atoms with Crippen LogP contribution in [0.2, 0.25) is 0 Å². The van der Waals surface area contributed by atoms with E-state index in [0.29, 0.717) is 13.0 Å². The molecule has 3 rings (SSSR count). The quantitative estimate of drug-likeness (QED) is 0.484. The number of nitrogens with zero attached hydrogens (tertiary/aromatic N) is 1. The van der Waals surface area contributed by atoms with Crippen molar-refractivity contribution in [3.63, 3.8) is 0 Å². The summed E-state index contributed by atoms with van der Waals surface area (Å²) in [5.41, 5.74) is 3.71. The molecule has 0 bridgehead atoms. The van der Waals surface area contributed by atoms with Crippen molar-refractivity contribution < 1.29 is 14.0 Å². The first-order chi connectivity index (χ1) is 16.0. The molecule has 172 valence electrons. The lowest BCUT2D eigenvalue weighted by Crippen LogP contribution is -2.51. The van der Waals surface area contributed by atoms with Gasteiger partial charge in [0.05, 0.1) is 6.42 Å². The third kappa shape index (κ3) is 7.01. The number of nitrogens with one attached hydrogen (secondary N) is 1. The number of benzene rings is 3. The number of carbonyl (C=O) groups excluding carboxylic acids is 2. The molecule has 0 aliphatic heterocycles. The smallest absolute Gasteiger partial charge is 0.243 e. The minimum Gasteiger partial charge on any atom is -0.354 e. The van der Waals surface area contributed by atoms with Crippen molar-refractivity contribution in [1.82, 2.24) is 10.2 Å². The number of rotatable bonds is 10. The zero-order valence-electron chi connectivity index (χ0n) is 19.3. The Morgan fingerprint density at radius 3 is 2.24 bits per heavy atom. The van der Waals surface area contributed by atoms with E-state index in [1.165, 1.54) is 12.1 Å². The van der Waals surface area contributed by atoms with Gasteiger partial charge in [0.2, 0.25) is 11.8 Å². The molecule has 5 heteroatoms. The second-order valence-corrected chi connectivity index (χ2v) is 8.25. The first-order valence-electron chi connectivity index (χ1n) is 11.4. The third-order valence-corrected chi connectivity index (χ3v) is 5.69. The molecule has 2 amide bonds. The van der Waals surface area contributed by atoms with Crippen molar-refractivity contribution in [3.8, 4) is 0 Å². The number of hydrogen-bond acceptors (Lipinski definition) is 2. The van der Waals surface area contributed by atoms with Crippen molar-refractivity contribution in [2.45, 2.75) is 45.7 Å². The van der Waals surface area contributed by atoms with Crippen LogP contribution in [0.3, 0.4) is 0 Å². The van der Waals surface area contributed by atoms with Gasteiger partial charge in [-0.3, -0.25) is 9.59 Å². The number of carbonyl (C=O) groups is 2. The molecule has 1 N–H and O–H groups in total. The summed E-state index contributed by atoms with van der Waals surface area (Å²) in [7, 11) is 0. The lowest BCUT2D eigenvalue weighted by Gasteiger charge is -2.32. The van der Waals surface area contributed by atoms with Crippen LogP contribution < -0.4 is 5.32 Å². The first-order valence-corrected chi connectivity index (χ1v) is 11.4. The zero-order chi connectivity index (χ0) is 23.6. The van der Waals surface area contributed by atoms with Gasteiger partial charge in [-0.05, 0) is 47.7 Å². The highest BCUT2D eigenvalue weighted by molar-refractivity contribution is 5.89. The summed E-state index contributed by atoms with van der Waals surface area (Å²) < 4.78 is 13.5. The third-order valence-electron chi connectivity index (χ3n) is 5.69. The van der Waals surface area contributed by atoms with E-state index in [-0.39, 0.29) is 30.6 Å². The Morgan fingerprint density at radius 1 is 0.909 bits per heavy atom. The molecule has 3 aromatic carbocycles. The molecule has 4 nitrogen and oxygen atoms in total. The van der Waals surface area contributed by atoms with Crippen LogP contribution >= 0.6 is 0 Å². The van der Waals surface area contributed by atoms with Crippen LogP contribution in [0.5, 0.6) is 0 Å². The Morgan fingerprint density at radius 2 is 1.58 bits per heavy atom. The minimum atomic E-state index is -0.680. The average molecular weight is 447 g/mol. The summed E-state index contributed by atoms with van der Waals surface area (Å²) in [6.45, 7) is 4.73. The van der Waals surface area contributed by atoms with Gasteiger partial charge in [0.15, 0.2) is 0 Å². The number of hydrogen-bond donors (Lipinski definition) is 1. The van der Waals surface area contributed by atoms with Gasteiger partial charge in [0.25, 0.3) is 0 Å². The van der Waals surface area contributed by atoms with Crippen LogP contribution in [0.4, 0.5) is 4.39 Å². The van der Waals surface area contributed by atoms with E-state index < -0.39 is 6.04 Å². The van der Waals surface area contributed by atoms with Gasteiger partial charge >= 0.3 is 0 Å². The molecule has 0 aromatic heterocycles. The van der Waals surface area contributed by atoms with E-state index in [4.69, 9.17) is 0 Å². The zero-order valence-corrected chi connectivity index (χ0v) is 19.3. The largest absolute Gasteiger partial charge is 0.354 e. The van der Waals surface area contributed by atoms with Crippen molar-refractivity contribution >= 4 is 11.8 Å². The maximum Gasteiger partial charge on any atom is 0.243 e. The second kappa shape index (κ2) is 12.0. The number of amides is 2. The summed E-state index contributed by atoms with van der Waals surface area (Å²) in [6.07, 6.45) is 1.40. The molecule has 3 aromatic rings. The summed E-state index contributed by atoms with van der Waals surface area (Å²) in [5, 5.41) is 2.97. The van der Waals surface area contributed by atoms with Gasteiger partial charge in [-0.25, -0.2) is 4.39 Å². The summed E-state index contributed by atoms with van der Waals surface area (Å²) in [5.74, 6) is -0.653. The average Bonchev–Trinajstić information content (AvgIpc) is 2.83. The van der Waals surface area contributed by atoms with E-state index in [0.717, 1.165) is 28.7 Å². The Labute approximate surface area is 195 Å². The summed E-state index contributed by atoms with van der Waals surface area (Å²) >= 11 is 0. The van der Waals surface area contributed by atoms with Crippen LogP contribution in [0, 0.1) is 12.7 Å². The van der Waals surface area contributed by atoms with Crippen LogP contribution in [-0.4, -0.2) is 29.3 Å². The molecular weight excluding hydrogens is 415 g/mol. The predicted molar refractivity (Wildman–Crippen MR) is 129 cm³/mol. The highest BCUT2D eigenvalue weighted by Gasteiger charge is 2.30. The van der Waals surface area contributed by atoms with Gasteiger partial charge in [0.1, 0.15) is 11.9 Å². The first kappa shape index (κ1) is 24.2. The molecule has 33 heavy (non-hydrogen) atoms. The van der Waals surface area contributed by atoms with Gasteiger partial charge in [-0.15, -0.1) is 0 Å². The maximum absolute atomic E-state index is 13.6. The monoisotopic (exact) mass is 446 g/mol. The fourth-order valence-corrected chi connectivity index (χ4v) is 3.78. The highest BCUT2D eigenvalue weighted by atomic mass is 19.1. The minimum absolute atomic E-state index is 0.138. The van der Waals surface area contributed by atoms with E-state index in [1.807, 2.05) is 68.4 Å². The lowest BCUT2D eigenvalue weighted by molar-refractivity contribution is -0.140. The van der Waals surface area contributed by atoms with Gasteiger partial charge in [-0.2, -0.15) is 0 Å². The molecule has 0 saturated carbocycles. The Bertz CT molecular complexity index is 1050. The van der Waals surface area contributed by atoms with E-state index >= 15 is 0 Å². The molecule has 0 unspecified atom stereocenters. The van der Waals surface area contributed by atoms with Gasteiger partial charge in [-0.1, -0.05) is 73.7 Å². The molecule has 0 aliphatic carbocycles. The molecule has 1 atom stereocenters. The molecule has 0 heterocycles. The Balaban J connectivity index is 1.95. The summed E-state index contributed by atoms with van der Waals surface area (Å²) in [6, 6.07) is 22.9. The summed E-state index contributed by atoms with van der Waals surface area (Å²) in [4.78, 5) is 28.5. The van der Waals surface area contributed by atoms with Gasteiger partial charge < -0.3 is 10.2 Å². The molecule has 0 spiro atoms. The molecule has 0 fully saturated rings. The topological polar surface area (TPSA) is 49.4 Å². The normalized spacial score (nSPS) is 11.6. The van der Waals surface area contributed by atoms with Crippen molar-refractivity contribution in [2.75, 3.05) is 6.54 Å². The lowest BCUT2D eigenvalue weighted by atomic mass is 10.00. The van der Waals surface area contributed by atoms with Crippen LogP contribution in [0.15, 0.2) is 78.9 Å². The molecule has 0 aliphatic rings. The van der Waals surface area contributed by atoms with Crippen LogP contribution in [0.1, 0.15) is 35.6 Å². The molecule has 0 saturated heterocycles. The standard InChI is InChI=1S/C28H31FN2O2/c1-3-17-30-28(33)26(18-22-10-5-4-6-11-22)31(20-23-13-15-25(29)16-14-23)27(32)19-24-12-8-7-9-21(24)2/h4-16,26H,3,17-20H2,1-2H3,(H,30,33)/t26-/m0/s1. The number of halogens is 1. The Hall–Kier alpha value is -3.47. The van der Waals surface area contributed by atoms with Crippen molar-refractivity contribution in [3.05, 3.63) is 107 Å². The van der Waals surface area contributed by atoms with Gasteiger partial charge in [0, 0.05) is 19.5 Å². The second-order valence-electron chi connectivity index (χ2n) is 8.25. The fourth-order valence-electron chi connectivity index (χ4n) is 3.78. The Kier molecular flexibility index (Phi) is 8.76. The van der Waals surface area contributed by atoms with Crippen LogP contribution in [0.25, 0.3) is 0 Å². The number of aryl methyl sites for hydroxylation is 1. The highest BCUT2D eigenvalue weighted by Crippen LogP contribution is 2.18. The van der Waals surface area contributed by atoms with Crippen molar-refractivity contribution in [2.24, 2.45) is 0 Å². The predicted octanol–water partition coefficient (Wildman–Crippen LogP) is 4.84. The molecule has 0 radical (unpaired) electrons. The maximum atomic E-state index is 13.6. The SMILES string of the molecule is CCCNC(=O)[C@H](Cc1ccccc1)N(Cc1ccc(F)cc1)C(=O)Cc1ccccc1C. The molecular formula is C28H31FN2O2. The van der Waals surface area contributed by atoms with Crippen molar-refractivity contribution in [1.29, 1.82) is 0 Å². The van der Waals surface area contributed by atoms with E-state index in [2.05, 4.69) is 5.32 Å². The van der Waals surface area contributed by atoms with E-state index in [9.17, 15) is 14.0 Å².